The Morgan fingerprint density at radius 1 is 1.33 bits per heavy atom. The van der Waals surface area contributed by atoms with Crippen LogP contribution in [0.2, 0.25) is 0 Å². The molecule has 1 aromatic rings. The van der Waals surface area contributed by atoms with Crippen LogP contribution in [0.1, 0.15) is 19.4 Å². The Bertz CT molecular complexity index is 510. The molecule has 21 heavy (non-hydrogen) atoms. The Labute approximate surface area is 124 Å². The number of benzene rings is 1. The van der Waals surface area contributed by atoms with Gasteiger partial charge < -0.3 is 25.6 Å². The average Bonchev–Trinajstić information content (AvgIpc) is 2.41. The van der Waals surface area contributed by atoms with Crippen molar-refractivity contribution in [3.05, 3.63) is 23.8 Å². The lowest BCUT2D eigenvalue weighted by Crippen LogP contribution is -2.53. The summed E-state index contributed by atoms with van der Waals surface area (Å²) in [6.07, 6.45) is 0.317. The first-order valence-electron chi connectivity index (χ1n) is 7.07. The number of phenols is 2. The Morgan fingerprint density at radius 3 is 2.52 bits per heavy atom. The number of amides is 1. The van der Waals surface area contributed by atoms with Gasteiger partial charge in [-0.05, 0) is 38.0 Å². The van der Waals surface area contributed by atoms with Gasteiger partial charge in [0.1, 0.15) is 0 Å². The molecule has 1 aliphatic rings. The van der Waals surface area contributed by atoms with Crippen molar-refractivity contribution >= 4 is 5.91 Å². The minimum Gasteiger partial charge on any atom is -0.504 e. The fourth-order valence-electron chi connectivity index (χ4n) is 2.63. The third kappa shape index (κ3) is 3.86. The molecule has 2 rings (SSSR count). The second-order valence-electron chi connectivity index (χ2n) is 5.63. The molecule has 3 atom stereocenters. The van der Waals surface area contributed by atoms with Crippen LogP contribution in [-0.2, 0) is 16.0 Å². The maximum Gasteiger partial charge on any atom is 0.240 e. The standard InChI is InChI=1S/C15H22N2O4/c1-9-7-17(8-10(2)21-9)15(20)12(16)5-11-3-4-13(18)14(19)6-11/h3-4,6,9-10,12,18-19H,5,7-8,16H2,1-2H3/t9-,10+,12-/m0/s1. The van der Waals surface area contributed by atoms with E-state index in [2.05, 4.69) is 0 Å². The van der Waals surface area contributed by atoms with E-state index in [0.717, 1.165) is 0 Å². The van der Waals surface area contributed by atoms with Crippen LogP contribution in [0.5, 0.6) is 11.5 Å². The molecule has 1 saturated heterocycles. The van der Waals surface area contributed by atoms with Gasteiger partial charge in [0.15, 0.2) is 11.5 Å². The summed E-state index contributed by atoms with van der Waals surface area (Å²) in [5.41, 5.74) is 6.69. The molecule has 1 fully saturated rings. The van der Waals surface area contributed by atoms with Crippen molar-refractivity contribution in [1.82, 2.24) is 4.90 Å². The SMILES string of the molecule is C[C@@H]1CN(C(=O)[C@@H](N)Cc2ccc(O)c(O)c2)C[C@H](C)O1. The number of rotatable bonds is 3. The molecule has 0 aliphatic carbocycles. The number of hydrogen-bond donors (Lipinski definition) is 3. The molecule has 1 amide bonds. The maximum absolute atomic E-state index is 12.4. The van der Waals surface area contributed by atoms with Gasteiger partial charge in [0.05, 0.1) is 18.2 Å². The molecule has 0 spiro atoms. The van der Waals surface area contributed by atoms with Gasteiger partial charge in [-0.15, -0.1) is 0 Å². The zero-order chi connectivity index (χ0) is 15.6. The highest BCUT2D eigenvalue weighted by molar-refractivity contribution is 5.82. The summed E-state index contributed by atoms with van der Waals surface area (Å²) in [6, 6.07) is 3.78. The Kier molecular flexibility index (Phi) is 4.69. The average molecular weight is 294 g/mol. The van der Waals surface area contributed by atoms with Crippen LogP contribution in [-0.4, -0.2) is 52.4 Å². The summed E-state index contributed by atoms with van der Waals surface area (Å²) < 4.78 is 5.60. The number of nitrogens with two attached hydrogens (primary N) is 1. The number of carbonyl (C=O) groups excluding carboxylic acids is 1. The van der Waals surface area contributed by atoms with E-state index in [9.17, 15) is 15.0 Å². The minimum absolute atomic E-state index is 0.00242. The van der Waals surface area contributed by atoms with Crippen molar-refractivity contribution in [2.45, 2.75) is 38.5 Å². The van der Waals surface area contributed by atoms with E-state index >= 15 is 0 Å². The molecule has 0 unspecified atom stereocenters. The molecule has 6 nitrogen and oxygen atoms in total. The third-order valence-electron chi connectivity index (χ3n) is 3.54. The topological polar surface area (TPSA) is 96.0 Å². The van der Waals surface area contributed by atoms with E-state index < -0.39 is 6.04 Å². The summed E-state index contributed by atoms with van der Waals surface area (Å²) >= 11 is 0. The van der Waals surface area contributed by atoms with Gasteiger partial charge in [-0.25, -0.2) is 0 Å². The normalized spacial score (nSPS) is 23.9. The van der Waals surface area contributed by atoms with Crippen molar-refractivity contribution in [1.29, 1.82) is 0 Å². The van der Waals surface area contributed by atoms with Crippen LogP contribution in [0.3, 0.4) is 0 Å². The van der Waals surface area contributed by atoms with E-state index in [0.29, 0.717) is 25.1 Å². The largest absolute Gasteiger partial charge is 0.504 e. The van der Waals surface area contributed by atoms with Crippen molar-refractivity contribution in [2.75, 3.05) is 13.1 Å². The van der Waals surface area contributed by atoms with Crippen LogP contribution in [0, 0.1) is 0 Å². The van der Waals surface area contributed by atoms with Gasteiger partial charge >= 0.3 is 0 Å². The van der Waals surface area contributed by atoms with Gasteiger partial charge in [0, 0.05) is 13.1 Å². The first kappa shape index (κ1) is 15.6. The lowest BCUT2D eigenvalue weighted by Gasteiger charge is -2.36. The van der Waals surface area contributed by atoms with Gasteiger partial charge in [-0.2, -0.15) is 0 Å². The van der Waals surface area contributed by atoms with Gasteiger partial charge in [0.25, 0.3) is 0 Å². The zero-order valence-corrected chi connectivity index (χ0v) is 12.3. The highest BCUT2D eigenvalue weighted by Gasteiger charge is 2.29. The van der Waals surface area contributed by atoms with Gasteiger partial charge in [0.2, 0.25) is 5.91 Å². The molecule has 1 aliphatic heterocycles. The predicted octanol–water partition coefficient (Wildman–Crippen LogP) is 0.603. The van der Waals surface area contributed by atoms with Crippen LogP contribution in [0.15, 0.2) is 18.2 Å². The highest BCUT2D eigenvalue weighted by Crippen LogP contribution is 2.25. The summed E-state index contributed by atoms with van der Waals surface area (Å²) in [5.74, 6) is -0.514. The van der Waals surface area contributed by atoms with E-state index in [1.165, 1.54) is 12.1 Å². The van der Waals surface area contributed by atoms with Crippen molar-refractivity contribution in [3.8, 4) is 11.5 Å². The molecule has 0 saturated carbocycles. The number of ether oxygens (including phenoxy) is 1. The number of aromatic hydroxyl groups is 2. The number of phenolic OH excluding ortho intramolecular Hbond substituents is 2. The summed E-state index contributed by atoms with van der Waals surface area (Å²) in [5, 5.41) is 18.7. The van der Waals surface area contributed by atoms with E-state index in [-0.39, 0.29) is 29.6 Å². The third-order valence-corrected chi connectivity index (χ3v) is 3.54. The number of hydrogen-bond acceptors (Lipinski definition) is 5. The van der Waals surface area contributed by atoms with E-state index in [1.807, 2.05) is 13.8 Å². The maximum atomic E-state index is 12.4. The Balaban J connectivity index is 2.00. The summed E-state index contributed by atoms with van der Waals surface area (Å²) in [4.78, 5) is 14.1. The van der Waals surface area contributed by atoms with Gasteiger partial charge in [-0.1, -0.05) is 6.07 Å². The first-order chi connectivity index (χ1) is 9.86. The van der Waals surface area contributed by atoms with Crippen LogP contribution in [0.25, 0.3) is 0 Å². The molecule has 0 aromatic heterocycles. The molecule has 116 valence electrons. The van der Waals surface area contributed by atoms with Crippen molar-refractivity contribution in [3.63, 3.8) is 0 Å². The molecule has 1 heterocycles. The molecule has 0 bridgehead atoms. The Hall–Kier alpha value is -1.79. The quantitative estimate of drug-likeness (QED) is 0.710. The zero-order valence-electron chi connectivity index (χ0n) is 12.3. The lowest BCUT2D eigenvalue weighted by molar-refractivity contribution is -0.144. The number of carbonyl (C=O) groups is 1. The molecule has 1 aromatic carbocycles. The highest BCUT2D eigenvalue weighted by atomic mass is 16.5. The number of morpholine rings is 1. The minimum atomic E-state index is -0.675. The fraction of sp³-hybridized carbons (Fsp3) is 0.533. The predicted molar refractivity (Wildman–Crippen MR) is 78.0 cm³/mol. The molecule has 0 radical (unpaired) electrons. The van der Waals surface area contributed by atoms with Crippen LogP contribution < -0.4 is 5.73 Å². The van der Waals surface area contributed by atoms with Crippen molar-refractivity contribution in [2.24, 2.45) is 5.73 Å². The molecule has 4 N–H and O–H groups in total. The van der Waals surface area contributed by atoms with E-state index in [1.54, 1.807) is 11.0 Å². The summed E-state index contributed by atoms with van der Waals surface area (Å²) in [7, 11) is 0. The van der Waals surface area contributed by atoms with Gasteiger partial charge in [-0.3, -0.25) is 4.79 Å². The number of nitrogens with zero attached hydrogens (tertiary/aromatic N) is 1. The molecular formula is C15H22N2O4. The second kappa shape index (κ2) is 6.32. The second-order valence-corrected chi connectivity index (χ2v) is 5.63. The van der Waals surface area contributed by atoms with Crippen LogP contribution >= 0.6 is 0 Å². The monoisotopic (exact) mass is 294 g/mol. The van der Waals surface area contributed by atoms with E-state index in [4.69, 9.17) is 10.5 Å². The first-order valence-corrected chi connectivity index (χ1v) is 7.07. The smallest absolute Gasteiger partial charge is 0.240 e. The molecular weight excluding hydrogens is 272 g/mol. The Morgan fingerprint density at radius 2 is 1.95 bits per heavy atom. The fourth-order valence-corrected chi connectivity index (χ4v) is 2.63. The van der Waals surface area contributed by atoms with Crippen LogP contribution in [0.4, 0.5) is 0 Å². The summed E-state index contributed by atoms with van der Waals surface area (Å²) in [6.45, 7) is 4.94. The van der Waals surface area contributed by atoms with Crippen molar-refractivity contribution < 1.29 is 19.7 Å². The lowest BCUT2D eigenvalue weighted by atomic mass is 10.0. The molecule has 6 heteroatoms.